The largest absolute Gasteiger partial charge is 0.494 e. The highest BCUT2D eigenvalue weighted by molar-refractivity contribution is 7.89. The molecule has 150 valence electrons. The van der Waals surface area contributed by atoms with Gasteiger partial charge in [-0.15, -0.1) is 0 Å². The zero-order chi connectivity index (χ0) is 20.0. The van der Waals surface area contributed by atoms with Crippen LogP contribution in [0.2, 0.25) is 0 Å². The van der Waals surface area contributed by atoms with Gasteiger partial charge < -0.3 is 10.1 Å². The normalized spacial score (nSPS) is 13.6. The minimum Gasteiger partial charge on any atom is -0.494 e. The quantitative estimate of drug-likeness (QED) is 0.710. The Kier molecular flexibility index (Phi) is 6.70. The molecule has 0 fully saturated rings. The lowest BCUT2D eigenvalue weighted by Crippen LogP contribution is -2.28. The number of ether oxygens (including phenoxy) is 1. The van der Waals surface area contributed by atoms with Crippen LogP contribution in [0.15, 0.2) is 47.4 Å². The van der Waals surface area contributed by atoms with Crippen LogP contribution in [0.25, 0.3) is 0 Å². The minimum absolute atomic E-state index is 0.0381. The number of fused-ring (bicyclic) bond motifs is 1. The first-order valence-corrected chi connectivity index (χ1v) is 11.1. The number of amides is 1. The highest BCUT2D eigenvalue weighted by Gasteiger charge is 2.16. The van der Waals surface area contributed by atoms with E-state index in [0.717, 1.165) is 24.9 Å². The van der Waals surface area contributed by atoms with Crippen molar-refractivity contribution < 1.29 is 17.9 Å². The van der Waals surface area contributed by atoms with Crippen LogP contribution < -0.4 is 14.8 Å². The topological polar surface area (TPSA) is 84.5 Å². The molecule has 7 heteroatoms. The Morgan fingerprint density at radius 1 is 1.07 bits per heavy atom. The molecule has 0 unspecified atom stereocenters. The molecular weight excluding hydrogens is 376 g/mol. The molecule has 0 aliphatic heterocycles. The van der Waals surface area contributed by atoms with Crippen molar-refractivity contribution in [3.8, 4) is 5.75 Å². The number of rotatable bonds is 8. The van der Waals surface area contributed by atoms with Gasteiger partial charge in [-0.1, -0.05) is 12.1 Å². The maximum absolute atomic E-state index is 12.3. The van der Waals surface area contributed by atoms with Crippen LogP contribution in [0.1, 0.15) is 37.3 Å². The highest BCUT2D eigenvalue weighted by Crippen LogP contribution is 2.27. The van der Waals surface area contributed by atoms with Crippen LogP contribution in [0.3, 0.4) is 0 Å². The van der Waals surface area contributed by atoms with E-state index < -0.39 is 10.0 Å². The monoisotopic (exact) mass is 402 g/mol. The number of nitrogens with one attached hydrogen (secondary N) is 2. The second-order valence-electron chi connectivity index (χ2n) is 6.75. The van der Waals surface area contributed by atoms with Crippen LogP contribution in [-0.2, 0) is 27.7 Å². The molecule has 1 aliphatic carbocycles. The second kappa shape index (κ2) is 9.21. The van der Waals surface area contributed by atoms with E-state index in [1.807, 2.05) is 19.1 Å². The maximum atomic E-state index is 12.3. The SMILES string of the molecule is CCOc1ccc(S(=O)(=O)NCCC(=O)Nc2cccc3c2CCCC3)cc1. The Morgan fingerprint density at radius 2 is 1.82 bits per heavy atom. The molecule has 28 heavy (non-hydrogen) atoms. The first-order chi connectivity index (χ1) is 13.5. The van der Waals surface area contributed by atoms with Crippen molar-refractivity contribution in [1.29, 1.82) is 0 Å². The third-order valence-electron chi connectivity index (χ3n) is 4.76. The first-order valence-electron chi connectivity index (χ1n) is 9.63. The standard InChI is InChI=1S/C21H26N2O4S/c1-2-27-17-10-12-18(13-11-17)28(25,26)22-15-14-21(24)23-20-9-5-7-16-6-3-4-8-19(16)20/h5,7,9-13,22H,2-4,6,8,14-15H2,1H3,(H,23,24). The summed E-state index contributed by atoms with van der Waals surface area (Å²) in [5.74, 6) is 0.417. The fraction of sp³-hybridized carbons (Fsp3) is 0.381. The van der Waals surface area contributed by atoms with E-state index in [1.165, 1.54) is 29.7 Å². The molecular formula is C21H26N2O4S. The summed E-state index contributed by atoms with van der Waals surface area (Å²) in [6.45, 7) is 2.42. The number of hydrogen-bond acceptors (Lipinski definition) is 4. The molecule has 6 nitrogen and oxygen atoms in total. The molecule has 1 amide bonds. The van der Waals surface area contributed by atoms with Crippen molar-refractivity contribution >= 4 is 21.6 Å². The van der Waals surface area contributed by atoms with Gasteiger partial charge >= 0.3 is 0 Å². The van der Waals surface area contributed by atoms with E-state index >= 15 is 0 Å². The first kappa shape index (κ1) is 20.4. The molecule has 0 bridgehead atoms. The maximum Gasteiger partial charge on any atom is 0.240 e. The zero-order valence-electron chi connectivity index (χ0n) is 16.0. The van der Waals surface area contributed by atoms with Gasteiger partial charge in [0.1, 0.15) is 5.75 Å². The van der Waals surface area contributed by atoms with Crippen molar-refractivity contribution in [3.63, 3.8) is 0 Å². The van der Waals surface area contributed by atoms with Crippen molar-refractivity contribution in [2.75, 3.05) is 18.5 Å². The molecule has 0 saturated heterocycles. The molecule has 2 N–H and O–H groups in total. The summed E-state index contributed by atoms with van der Waals surface area (Å²) in [7, 11) is -3.66. The number of hydrogen-bond donors (Lipinski definition) is 2. The zero-order valence-corrected chi connectivity index (χ0v) is 16.8. The fourth-order valence-electron chi connectivity index (χ4n) is 3.38. The molecule has 0 spiro atoms. The van der Waals surface area contributed by atoms with Gasteiger partial charge in [0.25, 0.3) is 0 Å². The average Bonchev–Trinajstić information content (AvgIpc) is 2.69. The summed E-state index contributed by atoms with van der Waals surface area (Å²) in [4.78, 5) is 12.4. The van der Waals surface area contributed by atoms with Crippen LogP contribution in [0.5, 0.6) is 5.75 Å². The van der Waals surface area contributed by atoms with E-state index in [0.29, 0.717) is 12.4 Å². The number of benzene rings is 2. The predicted molar refractivity (Wildman–Crippen MR) is 109 cm³/mol. The van der Waals surface area contributed by atoms with E-state index in [1.54, 1.807) is 12.1 Å². The fourth-order valence-corrected chi connectivity index (χ4v) is 4.41. The molecule has 3 rings (SSSR count). The Morgan fingerprint density at radius 3 is 2.57 bits per heavy atom. The van der Waals surface area contributed by atoms with Gasteiger partial charge in [-0.25, -0.2) is 13.1 Å². The number of anilines is 1. The predicted octanol–water partition coefficient (Wildman–Crippen LogP) is 3.27. The van der Waals surface area contributed by atoms with Crippen LogP contribution in [0, 0.1) is 0 Å². The van der Waals surface area contributed by atoms with Gasteiger partial charge in [-0.05, 0) is 74.1 Å². The Bertz CT molecular complexity index is 924. The van der Waals surface area contributed by atoms with E-state index in [-0.39, 0.29) is 23.8 Å². The lowest BCUT2D eigenvalue weighted by molar-refractivity contribution is -0.116. The smallest absolute Gasteiger partial charge is 0.240 e. The molecule has 0 atom stereocenters. The third-order valence-corrected chi connectivity index (χ3v) is 6.24. The number of sulfonamides is 1. The molecule has 1 aliphatic rings. The van der Waals surface area contributed by atoms with Crippen molar-refractivity contribution in [1.82, 2.24) is 4.72 Å². The molecule has 0 aromatic heterocycles. The summed E-state index contributed by atoms with van der Waals surface area (Å²) < 4.78 is 32.5. The number of aryl methyl sites for hydroxylation is 1. The second-order valence-corrected chi connectivity index (χ2v) is 8.52. The number of carbonyl (C=O) groups is 1. The van der Waals surface area contributed by atoms with E-state index in [2.05, 4.69) is 16.1 Å². The molecule has 0 heterocycles. The molecule has 2 aromatic rings. The summed E-state index contributed by atoms with van der Waals surface area (Å²) in [5, 5.41) is 2.93. The molecule has 2 aromatic carbocycles. The van der Waals surface area contributed by atoms with Crippen LogP contribution in [0.4, 0.5) is 5.69 Å². The molecule has 0 radical (unpaired) electrons. The summed E-state index contributed by atoms with van der Waals surface area (Å²) in [5.41, 5.74) is 3.34. The third kappa shape index (κ3) is 5.11. The van der Waals surface area contributed by atoms with E-state index in [9.17, 15) is 13.2 Å². The van der Waals surface area contributed by atoms with Crippen molar-refractivity contribution in [3.05, 3.63) is 53.6 Å². The summed E-state index contributed by atoms with van der Waals surface area (Å²) >= 11 is 0. The van der Waals surface area contributed by atoms with Gasteiger partial charge in [0.2, 0.25) is 15.9 Å². The number of carbonyl (C=O) groups excluding carboxylic acids is 1. The van der Waals surface area contributed by atoms with Gasteiger partial charge in [-0.3, -0.25) is 4.79 Å². The van der Waals surface area contributed by atoms with Gasteiger partial charge in [0.05, 0.1) is 11.5 Å². The lowest BCUT2D eigenvalue weighted by atomic mass is 9.90. The minimum atomic E-state index is -3.66. The van der Waals surface area contributed by atoms with Gasteiger partial charge in [-0.2, -0.15) is 0 Å². The molecule has 0 saturated carbocycles. The van der Waals surface area contributed by atoms with Crippen molar-refractivity contribution in [2.24, 2.45) is 0 Å². The summed E-state index contributed by atoms with van der Waals surface area (Å²) in [6.07, 6.45) is 4.39. The van der Waals surface area contributed by atoms with Crippen LogP contribution in [-0.4, -0.2) is 27.5 Å². The van der Waals surface area contributed by atoms with Gasteiger partial charge in [0.15, 0.2) is 0 Å². The Hall–Kier alpha value is -2.38. The van der Waals surface area contributed by atoms with Crippen molar-refractivity contribution in [2.45, 2.75) is 43.9 Å². The summed E-state index contributed by atoms with van der Waals surface area (Å²) in [6, 6.07) is 12.2. The van der Waals surface area contributed by atoms with Gasteiger partial charge in [0, 0.05) is 18.7 Å². The average molecular weight is 403 g/mol. The van der Waals surface area contributed by atoms with E-state index in [4.69, 9.17) is 4.74 Å². The van der Waals surface area contributed by atoms with Crippen LogP contribution >= 0.6 is 0 Å². The lowest BCUT2D eigenvalue weighted by Gasteiger charge is -2.19. The Labute approximate surface area is 166 Å². The Balaban J connectivity index is 1.53. The highest BCUT2D eigenvalue weighted by atomic mass is 32.2.